The molecule has 0 aliphatic rings. The Morgan fingerprint density at radius 2 is 1.84 bits per heavy atom. The van der Waals surface area contributed by atoms with Gasteiger partial charge in [-0.05, 0) is 49.7 Å². The first-order chi connectivity index (χ1) is 14.8. The molecule has 0 spiro atoms. The van der Waals surface area contributed by atoms with Gasteiger partial charge < -0.3 is 19.2 Å². The van der Waals surface area contributed by atoms with Crippen molar-refractivity contribution in [3.63, 3.8) is 0 Å². The van der Waals surface area contributed by atoms with Gasteiger partial charge in [0.2, 0.25) is 0 Å². The van der Waals surface area contributed by atoms with Crippen molar-refractivity contribution in [2.75, 3.05) is 19.0 Å². The summed E-state index contributed by atoms with van der Waals surface area (Å²) in [5.74, 6) is -1.46. The number of ether oxygens (including phenoxy) is 2. The van der Waals surface area contributed by atoms with Crippen LogP contribution >= 0.6 is 34.5 Å². The van der Waals surface area contributed by atoms with Crippen LogP contribution in [0.2, 0.25) is 10.0 Å². The minimum absolute atomic E-state index is 0.00144. The van der Waals surface area contributed by atoms with Crippen LogP contribution in [0.25, 0.3) is 11.3 Å². The third kappa shape index (κ3) is 4.76. The highest BCUT2D eigenvalue weighted by atomic mass is 35.5. The van der Waals surface area contributed by atoms with E-state index in [9.17, 15) is 14.4 Å². The Balaban J connectivity index is 1.91. The molecule has 2 aromatic heterocycles. The lowest BCUT2D eigenvalue weighted by Crippen LogP contribution is -2.14. The smallest absolute Gasteiger partial charge is 0.348 e. The van der Waals surface area contributed by atoms with E-state index in [1.807, 2.05) is 0 Å². The van der Waals surface area contributed by atoms with Crippen molar-refractivity contribution in [1.82, 2.24) is 0 Å². The number of amides is 1. The average molecular weight is 482 g/mol. The van der Waals surface area contributed by atoms with Gasteiger partial charge in [0.1, 0.15) is 15.6 Å². The van der Waals surface area contributed by atoms with Crippen LogP contribution < -0.4 is 5.32 Å². The van der Waals surface area contributed by atoms with Crippen molar-refractivity contribution in [3.8, 4) is 11.3 Å². The standard InChI is InChI=1S/C21H17Cl2NO6S/c1-4-29-20(26)16-10(2)17(21(27)28-3)31-19(16)24-18(25)15-8-7-14(30-15)11-5-6-12(22)13(23)9-11/h5-9H,4H2,1-3H3,(H,24,25). The molecule has 3 aromatic rings. The molecule has 1 aromatic carbocycles. The minimum atomic E-state index is -0.655. The van der Waals surface area contributed by atoms with E-state index < -0.39 is 17.8 Å². The van der Waals surface area contributed by atoms with Crippen LogP contribution in [0.3, 0.4) is 0 Å². The van der Waals surface area contributed by atoms with Gasteiger partial charge in [-0.2, -0.15) is 0 Å². The molecule has 31 heavy (non-hydrogen) atoms. The molecule has 3 rings (SSSR count). The lowest BCUT2D eigenvalue weighted by Gasteiger charge is -2.06. The summed E-state index contributed by atoms with van der Waals surface area (Å²) in [6.07, 6.45) is 0. The Morgan fingerprint density at radius 1 is 1.10 bits per heavy atom. The van der Waals surface area contributed by atoms with Gasteiger partial charge in [-0.3, -0.25) is 4.79 Å². The zero-order valence-corrected chi connectivity index (χ0v) is 19.0. The highest BCUT2D eigenvalue weighted by Gasteiger charge is 2.28. The predicted octanol–water partition coefficient (Wildman–Crippen LogP) is 5.84. The van der Waals surface area contributed by atoms with Gasteiger partial charge in [0.05, 0.1) is 29.3 Å². The average Bonchev–Trinajstić information content (AvgIpc) is 3.35. The highest BCUT2D eigenvalue weighted by Crippen LogP contribution is 2.35. The maximum atomic E-state index is 12.8. The van der Waals surface area contributed by atoms with E-state index in [-0.39, 0.29) is 27.8 Å². The Hall–Kier alpha value is -2.81. The summed E-state index contributed by atoms with van der Waals surface area (Å²) in [4.78, 5) is 37.4. The predicted molar refractivity (Wildman–Crippen MR) is 118 cm³/mol. The summed E-state index contributed by atoms with van der Waals surface area (Å²) in [5.41, 5.74) is 1.10. The van der Waals surface area contributed by atoms with Gasteiger partial charge in [0, 0.05) is 5.56 Å². The summed E-state index contributed by atoms with van der Waals surface area (Å²) in [6, 6.07) is 8.04. The monoisotopic (exact) mass is 481 g/mol. The summed E-state index contributed by atoms with van der Waals surface area (Å²) >= 11 is 12.9. The molecule has 10 heteroatoms. The van der Waals surface area contributed by atoms with Gasteiger partial charge in [-0.25, -0.2) is 9.59 Å². The number of esters is 2. The number of hydrogen-bond donors (Lipinski definition) is 1. The fourth-order valence-electron chi connectivity index (χ4n) is 2.77. The zero-order chi connectivity index (χ0) is 22.7. The van der Waals surface area contributed by atoms with Crippen LogP contribution in [0, 0.1) is 6.92 Å². The molecule has 0 atom stereocenters. The van der Waals surface area contributed by atoms with E-state index in [0.717, 1.165) is 11.3 Å². The van der Waals surface area contributed by atoms with E-state index in [4.69, 9.17) is 37.1 Å². The summed E-state index contributed by atoms with van der Waals surface area (Å²) in [6.45, 7) is 3.38. The number of hydrogen-bond acceptors (Lipinski definition) is 7. The maximum Gasteiger partial charge on any atom is 0.348 e. The van der Waals surface area contributed by atoms with Crippen LogP contribution in [0.5, 0.6) is 0 Å². The van der Waals surface area contributed by atoms with Crippen molar-refractivity contribution in [3.05, 3.63) is 62.1 Å². The molecular weight excluding hydrogens is 465 g/mol. The molecule has 0 saturated heterocycles. The van der Waals surface area contributed by atoms with Crippen LogP contribution in [0.4, 0.5) is 5.00 Å². The summed E-state index contributed by atoms with van der Waals surface area (Å²) in [5, 5.41) is 3.53. The second-order valence-corrected chi connectivity index (χ2v) is 8.05. The number of benzene rings is 1. The maximum absolute atomic E-state index is 12.8. The van der Waals surface area contributed by atoms with Crippen molar-refractivity contribution in [2.45, 2.75) is 13.8 Å². The van der Waals surface area contributed by atoms with Crippen LogP contribution in [-0.4, -0.2) is 31.6 Å². The molecule has 0 fully saturated rings. The SMILES string of the molecule is CCOC(=O)c1c(NC(=O)c2ccc(-c3ccc(Cl)c(Cl)c3)o2)sc(C(=O)OC)c1C. The molecule has 0 unspecified atom stereocenters. The Morgan fingerprint density at radius 3 is 2.48 bits per heavy atom. The number of rotatable bonds is 6. The normalized spacial score (nSPS) is 10.6. The zero-order valence-electron chi connectivity index (χ0n) is 16.7. The van der Waals surface area contributed by atoms with E-state index >= 15 is 0 Å². The largest absolute Gasteiger partial charge is 0.465 e. The van der Waals surface area contributed by atoms with Crippen molar-refractivity contribution in [2.24, 2.45) is 0 Å². The van der Waals surface area contributed by atoms with Gasteiger partial charge in [0.15, 0.2) is 5.76 Å². The molecule has 2 heterocycles. The topological polar surface area (TPSA) is 94.8 Å². The van der Waals surface area contributed by atoms with Gasteiger partial charge in [0.25, 0.3) is 5.91 Å². The number of furan rings is 1. The number of carbonyl (C=O) groups is 3. The minimum Gasteiger partial charge on any atom is -0.465 e. The number of nitrogens with one attached hydrogen (secondary N) is 1. The molecule has 1 amide bonds. The van der Waals surface area contributed by atoms with Gasteiger partial charge in [-0.15, -0.1) is 11.3 Å². The first-order valence-electron chi connectivity index (χ1n) is 9.02. The summed E-state index contributed by atoms with van der Waals surface area (Å²) < 4.78 is 15.5. The Kier molecular flexibility index (Phi) is 7.04. The molecule has 162 valence electrons. The fourth-order valence-corrected chi connectivity index (χ4v) is 4.17. The number of thiophene rings is 1. The van der Waals surface area contributed by atoms with E-state index in [1.165, 1.54) is 13.2 Å². The molecule has 1 N–H and O–H groups in total. The first kappa shape index (κ1) is 22.9. The van der Waals surface area contributed by atoms with Gasteiger partial charge in [-0.1, -0.05) is 23.2 Å². The van der Waals surface area contributed by atoms with Crippen molar-refractivity contribution < 1.29 is 28.3 Å². The second kappa shape index (κ2) is 9.55. The molecule has 7 nitrogen and oxygen atoms in total. The molecule has 0 aliphatic carbocycles. The quantitative estimate of drug-likeness (QED) is 0.444. The molecule has 0 radical (unpaired) electrons. The lowest BCUT2D eigenvalue weighted by molar-refractivity contribution is 0.0527. The van der Waals surface area contributed by atoms with Crippen molar-refractivity contribution in [1.29, 1.82) is 0 Å². The van der Waals surface area contributed by atoms with E-state index in [2.05, 4.69) is 5.32 Å². The number of methoxy groups -OCH3 is 1. The second-order valence-electron chi connectivity index (χ2n) is 6.22. The third-order valence-electron chi connectivity index (χ3n) is 4.26. The lowest BCUT2D eigenvalue weighted by atomic mass is 10.1. The fraction of sp³-hybridized carbons (Fsp3) is 0.190. The summed E-state index contributed by atoms with van der Waals surface area (Å²) in [7, 11) is 1.23. The van der Waals surface area contributed by atoms with Crippen LogP contribution in [0.1, 0.15) is 43.1 Å². The Labute approximate surface area is 191 Å². The van der Waals surface area contributed by atoms with E-state index in [0.29, 0.717) is 26.9 Å². The van der Waals surface area contributed by atoms with Gasteiger partial charge >= 0.3 is 11.9 Å². The Bertz CT molecular complexity index is 1170. The van der Waals surface area contributed by atoms with Crippen LogP contribution in [0.15, 0.2) is 34.7 Å². The van der Waals surface area contributed by atoms with Crippen molar-refractivity contribution >= 4 is 57.4 Å². The molecule has 0 saturated carbocycles. The number of anilines is 1. The van der Waals surface area contributed by atoms with Crippen LogP contribution in [-0.2, 0) is 9.47 Å². The number of halogens is 2. The van der Waals surface area contributed by atoms with E-state index in [1.54, 1.807) is 38.1 Å². The third-order valence-corrected chi connectivity index (χ3v) is 6.18. The molecule has 0 bridgehead atoms. The first-order valence-corrected chi connectivity index (χ1v) is 10.6. The molecular formula is C21H17Cl2NO6S. The molecule has 0 aliphatic heterocycles. The number of carbonyl (C=O) groups excluding carboxylic acids is 3. The highest BCUT2D eigenvalue weighted by molar-refractivity contribution is 7.18.